The van der Waals surface area contributed by atoms with Crippen LogP contribution in [-0.2, 0) is 11.0 Å². The minimum Gasteiger partial charge on any atom is -0.312 e. The number of halogens is 1. The van der Waals surface area contributed by atoms with Crippen molar-refractivity contribution >= 4 is 33.0 Å². The summed E-state index contributed by atoms with van der Waals surface area (Å²) in [6, 6.07) is 7.93. The average Bonchev–Trinajstić information content (AvgIpc) is 2.21. The summed E-state index contributed by atoms with van der Waals surface area (Å²) in [6.07, 6.45) is 4.56. The standard InChI is InChI=1S/C11H14BrNOS/c1-2-9-15(14)13-8-7-10-3-5-11(12)6-4-10/h3-8,13H,2,9H2,1H3/b8-7+/t15-/m0/s1. The first kappa shape index (κ1) is 12.5. The number of nitrogens with one attached hydrogen (secondary N) is 1. The first-order chi connectivity index (χ1) is 7.22. The van der Waals surface area contributed by atoms with Crippen LogP contribution < -0.4 is 4.72 Å². The Morgan fingerprint density at radius 2 is 2.07 bits per heavy atom. The Hall–Kier alpha value is -0.610. The van der Waals surface area contributed by atoms with Crippen molar-refractivity contribution in [3.05, 3.63) is 40.5 Å². The molecular weight excluding hydrogens is 274 g/mol. The Balaban J connectivity index is 2.44. The zero-order valence-corrected chi connectivity index (χ0v) is 11.0. The Bertz CT molecular complexity index is 348. The molecule has 2 nitrogen and oxygen atoms in total. The Morgan fingerprint density at radius 1 is 1.40 bits per heavy atom. The molecule has 0 heterocycles. The highest BCUT2D eigenvalue weighted by Crippen LogP contribution is 2.11. The van der Waals surface area contributed by atoms with Gasteiger partial charge in [0.25, 0.3) is 0 Å². The molecule has 1 aromatic rings. The molecule has 0 saturated heterocycles. The van der Waals surface area contributed by atoms with Gasteiger partial charge in [0.05, 0.1) is 0 Å². The van der Waals surface area contributed by atoms with Gasteiger partial charge in [-0.05, 0) is 30.2 Å². The third kappa shape index (κ3) is 5.14. The molecule has 82 valence electrons. The highest BCUT2D eigenvalue weighted by Gasteiger charge is 1.91. The predicted molar refractivity (Wildman–Crippen MR) is 69.6 cm³/mol. The van der Waals surface area contributed by atoms with Crippen LogP contribution in [0.1, 0.15) is 18.9 Å². The molecule has 0 aliphatic rings. The highest BCUT2D eigenvalue weighted by molar-refractivity contribution is 9.10. The van der Waals surface area contributed by atoms with Gasteiger partial charge in [0, 0.05) is 16.4 Å². The van der Waals surface area contributed by atoms with Crippen molar-refractivity contribution < 1.29 is 4.21 Å². The fourth-order valence-electron chi connectivity index (χ4n) is 1.02. The first-order valence-corrected chi connectivity index (χ1v) is 6.90. The van der Waals surface area contributed by atoms with Crippen molar-refractivity contribution in [1.82, 2.24) is 4.72 Å². The molecular formula is C11H14BrNOS. The average molecular weight is 288 g/mol. The molecule has 1 rings (SSSR count). The summed E-state index contributed by atoms with van der Waals surface area (Å²) in [5, 5.41) is 0. The van der Waals surface area contributed by atoms with Crippen LogP contribution in [0.5, 0.6) is 0 Å². The van der Waals surface area contributed by atoms with E-state index in [1.54, 1.807) is 6.20 Å². The van der Waals surface area contributed by atoms with Crippen molar-refractivity contribution in [1.29, 1.82) is 0 Å². The molecule has 1 aromatic carbocycles. The summed E-state index contributed by atoms with van der Waals surface area (Å²) in [6.45, 7) is 2.01. The van der Waals surface area contributed by atoms with Gasteiger partial charge in [-0.2, -0.15) is 0 Å². The largest absolute Gasteiger partial charge is 0.312 e. The summed E-state index contributed by atoms with van der Waals surface area (Å²) >= 11 is 3.37. The maximum absolute atomic E-state index is 11.2. The Kier molecular flexibility index (Phi) is 5.65. The van der Waals surface area contributed by atoms with Crippen LogP contribution in [-0.4, -0.2) is 9.96 Å². The molecule has 1 N–H and O–H groups in total. The molecule has 0 spiro atoms. The lowest BCUT2D eigenvalue weighted by molar-refractivity contribution is 0.678. The van der Waals surface area contributed by atoms with E-state index in [0.29, 0.717) is 5.75 Å². The Labute approximate surface area is 101 Å². The van der Waals surface area contributed by atoms with E-state index in [4.69, 9.17) is 0 Å². The smallest absolute Gasteiger partial charge is 0.116 e. The zero-order chi connectivity index (χ0) is 11.1. The summed E-state index contributed by atoms with van der Waals surface area (Å²) < 4.78 is 15.1. The molecule has 0 radical (unpaired) electrons. The minimum absolute atomic E-state index is 0.685. The maximum atomic E-state index is 11.2. The normalized spacial score (nSPS) is 12.9. The second-order valence-electron chi connectivity index (χ2n) is 3.05. The van der Waals surface area contributed by atoms with E-state index < -0.39 is 11.0 Å². The molecule has 0 amide bonds. The SMILES string of the molecule is CCC[S@](=O)N/C=C/c1ccc(Br)cc1. The van der Waals surface area contributed by atoms with Gasteiger partial charge in [-0.15, -0.1) is 0 Å². The van der Waals surface area contributed by atoms with Crippen LogP contribution in [0.3, 0.4) is 0 Å². The van der Waals surface area contributed by atoms with E-state index in [9.17, 15) is 4.21 Å². The van der Waals surface area contributed by atoms with Crippen LogP contribution in [0, 0.1) is 0 Å². The third-order valence-electron chi connectivity index (χ3n) is 1.73. The molecule has 0 unspecified atom stereocenters. The van der Waals surface area contributed by atoms with Crippen molar-refractivity contribution in [2.75, 3.05) is 5.75 Å². The first-order valence-electron chi connectivity index (χ1n) is 4.79. The lowest BCUT2D eigenvalue weighted by Crippen LogP contribution is -2.12. The molecule has 0 bridgehead atoms. The van der Waals surface area contributed by atoms with Gasteiger partial charge in [-0.1, -0.05) is 35.0 Å². The molecule has 0 aliphatic heterocycles. The van der Waals surface area contributed by atoms with Crippen LogP contribution in [0.25, 0.3) is 6.08 Å². The number of rotatable bonds is 5. The number of benzene rings is 1. The fraction of sp³-hybridized carbons (Fsp3) is 0.273. The zero-order valence-electron chi connectivity index (χ0n) is 8.57. The second kappa shape index (κ2) is 6.80. The topological polar surface area (TPSA) is 29.1 Å². The van der Waals surface area contributed by atoms with E-state index in [0.717, 1.165) is 16.5 Å². The monoisotopic (exact) mass is 287 g/mol. The van der Waals surface area contributed by atoms with E-state index in [1.165, 1.54) is 0 Å². The van der Waals surface area contributed by atoms with Crippen molar-refractivity contribution in [3.63, 3.8) is 0 Å². The van der Waals surface area contributed by atoms with Gasteiger partial charge in [0.15, 0.2) is 0 Å². The molecule has 0 aliphatic carbocycles. The summed E-state index contributed by atoms with van der Waals surface area (Å²) in [4.78, 5) is 0. The van der Waals surface area contributed by atoms with E-state index in [2.05, 4.69) is 20.7 Å². The highest BCUT2D eigenvalue weighted by atomic mass is 79.9. The van der Waals surface area contributed by atoms with Gasteiger partial charge < -0.3 is 4.72 Å². The summed E-state index contributed by atoms with van der Waals surface area (Å²) in [7, 11) is -0.944. The van der Waals surface area contributed by atoms with Gasteiger partial charge in [0.1, 0.15) is 11.0 Å². The van der Waals surface area contributed by atoms with Gasteiger partial charge in [0.2, 0.25) is 0 Å². The van der Waals surface area contributed by atoms with E-state index in [-0.39, 0.29) is 0 Å². The summed E-state index contributed by atoms with van der Waals surface area (Å²) in [5.74, 6) is 0.685. The van der Waals surface area contributed by atoms with Crippen LogP contribution in [0.4, 0.5) is 0 Å². The van der Waals surface area contributed by atoms with Crippen molar-refractivity contribution in [2.24, 2.45) is 0 Å². The molecule has 15 heavy (non-hydrogen) atoms. The van der Waals surface area contributed by atoms with E-state index in [1.807, 2.05) is 37.3 Å². The molecule has 1 atom stereocenters. The van der Waals surface area contributed by atoms with Crippen LogP contribution in [0.15, 0.2) is 34.9 Å². The summed E-state index contributed by atoms with van der Waals surface area (Å²) in [5.41, 5.74) is 1.08. The van der Waals surface area contributed by atoms with Gasteiger partial charge >= 0.3 is 0 Å². The van der Waals surface area contributed by atoms with Crippen LogP contribution >= 0.6 is 15.9 Å². The molecule has 0 saturated carbocycles. The number of hydrogen-bond donors (Lipinski definition) is 1. The van der Waals surface area contributed by atoms with Crippen molar-refractivity contribution in [2.45, 2.75) is 13.3 Å². The van der Waals surface area contributed by atoms with E-state index >= 15 is 0 Å². The fourth-order valence-corrected chi connectivity index (χ4v) is 2.00. The third-order valence-corrected chi connectivity index (χ3v) is 3.44. The maximum Gasteiger partial charge on any atom is 0.116 e. The number of hydrogen-bond acceptors (Lipinski definition) is 1. The predicted octanol–water partition coefficient (Wildman–Crippen LogP) is 3.08. The molecule has 0 fully saturated rings. The van der Waals surface area contributed by atoms with Gasteiger partial charge in [-0.3, -0.25) is 0 Å². The van der Waals surface area contributed by atoms with Gasteiger partial charge in [-0.25, -0.2) is 4.21 Å². The lowest BCUT2D eigenvalue weighted by Gasteiger charge is -1.98. The Morgan fingerprint density at radius 3 is 2.67 bits per heavy atom. The quantitative estimate of drug-likeness (QED) is 0.886. The molecule has 0 aromatic heterocycles. The second-order valence-corrected chi connectivity index (χ2v) is 5.30. The lowest BCUT2D eigenvalue weighted by atomic mass is 10.2. The minimum atomic E-state index is -0.944. The van der Waals surface area contributed by atoms with Crippen LogP contribution in [0.2, 0.25) is 0 Å². The van der Waals surface area contributed by atoms with Crippen molar-refractivity contribution in [3.8, 4) is 0 Å². The molecule has 4 heteroatoms.